The molecule has 3 rings (SSSR count). The first-order valence-electron chi connectivity index (χ1n) is 6.29. The summed E-state index contributed by atoms with van der Waals surface area (Å²) < 4.78 is 0. The molecule has 0 aromatic rings. The predicted molar refractivity (Wildman–Crippen MR) is 66.5 cm³/mol. The molecular formula is C13H24ClN. The Hall–Kier alpha value is 0.250. The van der Waals surface area contributed by atoms with E-state index in [0.717, 1.165) is 11.8 Å². The van der Waals surface area contributed by atoms with Crippen molar-refractivity contribution in [2.75, 3.05) is 14.1 Å². The molecule has 0 spiro atoms. The number of halogens is 1. The largest absolute Gasteiger partial charge is 0.303 e. The zero-order valence-corrected chi connectivity index (χ0v) is 11.1. The normalized spacial score (nSPS) is 52.0. The van der Waals surface area contributed by atoms with Gasteiger partial charge in [-0.15, -0.1) is 12.4 Å². The highest BCUT2D eigenvalue weighted by Crippen LogP contribution is 2.69. The molecule has 4 atom stereocenters. The highest BCUT2D eigenvalue weighted by molar-refractivity contribution is 5.85. The van der Waals surface area contributed by atoms with Gasteiger partial charge in [-0.1, -0.05) is 13.3 Å². The van der Waals surface area contributed by atoms with Crippen LogP contribution in [-0.2, 0) is 0 Å². The van der Waals surface area contributed by atoms with E-state index in [1.54, 1.807) is 0 Å². The minimum absolute atomic E-state index is 0. The summed E-state index contributed by atoms with van der Waals surface area (Å²) in [7, 11) is 4.65. The minimum atomic E-state index is 0. The number of hydrogen-bond donors (Lipinski definition) is 0. The Bertz CT molecular complexity index is 265. The Kier molecular flexibility index (Phi) is 2.63. The molecule has 0 aliphatic heterocycles. The van der Waals surface area contributed by atoms with Gasteiger partial charge in [0.25, 0.3) is 0 Å². The predicted octanol–water partition coefficient (Wildman–Crippen LogP) is 3.33. The third kappa shape index (κ3) is 1.09. The molecule has 0 N–H and O–H groups in total. The van der Waals surface area contributed by atoms with Gasteiger partial charge in [-0.05, 0) is 63.5 Å². The van der Waals surface area contributed by atoms with Gasteiger partial charge in [-0.3, -0.25) is 0 Å². The molecule has 3 aliphatic rings. The van der Waals surface area contributed by atoms with Crippen molar-refractivity contribution in [2.45, 2.75) is 51.0 Å². The molecule has 88 valence electrons. The van der Waals surface area contributed by atoms with E-state index < -0.39 is 0 Å². The van der Waals surface area contributed by atoms with Gasteiger partial charge in [0.05, 0.1) is 0 Å². The van der Waals surface area contributed by atoms with E-state index >= 15 is 0 Å². The van der Waals surface area contributed by atoms with E-state index in [4.69, 9.17) is 0 Å². The highest BCUT2D eigenvalue weighted by Gasteiger charge is 2.67. The van der Waals surface area contributed by atoms with Crippen molar-refractivity contribution < 1.29 is 0 Å². The summed E-state index contributed by atoms with van der Waals surface area (Å²) in [5, 5.41) is 0. The van der Waals surface area contributed by atoms with Gasteiger partial charge in [0.1, 0.15) is 0 Å². The van der Waals surface area contributed by atoms with Crippen LogP contribution < -0.4 is 0 Å². The summed E-state index contributed by atoms with van der Waals surface area (Å²) in [6.45, 7) is 2.59. The fraction of sp³-hybridized carbons (Fsp3) is 1.00. The lowest BCUT2D eigenvalue weighted by molar-refractivity contribution is -0.0158. The third-order valence-electron chi connectivity index (χ3n) is 6.05. The quantitative estimate of drug-likeness (QED) is 0.667. The Morgan fingerprint density at radius 2 is 1.73 bits per heavy atom. The summed E-state index contributed by atoms with van der Waals surface area (Å²) in [4.78, 5) is 2.59. The molecule has 1 nitrogen and oxygen atoms in total. The molecule has 0 heterocycles. The summed E-state index contributed by atoms with van der Waals surface area (Å²) in [6.07, 6.45) is 9.01. The van der Waals surface area contributed by atoms with Crippen molar-refractivity contribution in [3.05, 3.63) is 0 Å². The number of nitrogens with zero attached hydrogens (tertiary/aromatic N) is 1. The van der Waals surface area contributed by atoms with Crippen LogP contribution in [0.1, 0.15) is 45.4 Å². The van der Waals surface area contributed by atoms with E-state index in [-0.39, 0.29) is 12.4 Å². The molecule has 2 heteroatoms. The van der Waals surface area contributed by atoms with Crippen LogP contribution in [0, 0.1) is 17.3 Å². The smallest absolute Gasteiger partial charge is 0.0287 e. The van der Waals surface area contributed by atoms with Crippen LogP contribution >= 0.6 is 12.4 Å². The second-order valence-electron chi connectivity index (χ2n) is 6.30. The SMILES string of the molecule is CN(C)C12CCCC1(C)C1CCC2C1.Cl. The van der Waals surface area contributed by atoms with Crippen molar-refractivity contribution in [1.82, 2.24) is 4.90 Å². The van der Waals surface area contributed by atoms with Crippen LogP contribution in [0.25, 0.3) is 0 Å². The lowest BCUT2D eigenvalue weighted by Gasteiger charge is -2.51. The van der Waals surface area contributed by atoms with Gasteiger partial charge in [0.2, 0.25) is 0 Å². The number of hydrogen-bond acceptors (Lipinski definition) is 1. The molecule has 0 aromatic carbocycles. The zero-order valence-electron chi connectivity index (χ0n) is 10.3. The fourth-order valence-electron chi connectivity index (χ4n) is 5.55. The number of rotatable bonds is 1. The van der Waals surface area contributed by atoms with Gasteiger partial charge in [0, 0.05) is 5.54 Å². The summed E-state index contributed by atoms with van der Waals surface area (Å²) in [6, 6.07) is 0. The van der Waals surface area contributed by atoms with Crippen LogP contribution in [0.3, 0.4) is 0 Å². The monoisotopic (exact) mass is 229 g/mol. The van der Waals surface area contributed by atoms with Gasteiger partial charge >= 0.3 is 0 Å². The Balaban J connectivity index is 0.000000853. The maximum Gasteiger partial charge on any atom is 0.0287 e. The highest BCUT2D eigenvalue weighted by atomic mass is 35.5. The molecule has 3 fully saturated rings. The van der Waals surface area contributed by atoms with Gasteiger partial charge in [-0.2, -0.15) is 0 Å². The van der Waals surface area contributed by atoms with E-state index in [0.29, 0.717) is 11.0 Å². The maximum absolute atomic E-state index is 2.59. The Morgan fingerprint density at radius 3 is 2.33 bits per heavy atom. The second-order valence-corrected chi connectivity index (χ2v) is 6.30. The average Bonchev–Trinajstić information content (AvgIpc) is 2.71. The molecule has 15 heavy (non-hydrogen) atoms. The van der Waals surface area contributed by atoms with Crippen LogP contribution in [0.2, 0.25) is 0 Å². The molecular weight excluding hydrogens is 206 g/mol. The summed E-state index contributed by atoms with van der Waals surface area (Å²) >= 11 is 0. The lowest BCUT2D eigenvalue weighted by atomic mass is 9.63. The second kappa shape index (κ2) is 3.37. The Morgan fingerprint density at radius 1 is 1.07 bits per heavy atom. The van der Waals surface area contributed by atoms with Crippen molar-refractivity contribution in [1.29, 1.82) is 0 Å². The van der Waals surface area contributed by atoms with E-state index in [1.165, 1.54) is 38.5 Å². The summed E-state index contributed by atoms with van der Waals surface area (Å²) in [5.41, 5.74) is 1.26. The molecule has 4 unspecified atom stereocenters. The van der Waals surface area contributed by atoms with Crippen LogP contribution in [0.4, 0.5) is 0 Å². The van der Waals surface area contributed by atoms with Crippen LogP contribution in [-0.4, -0.2) is 24.5 Å². The molecule has 0 aromatic heterocycles. The number of fused-ring (bicyclic) bond motifs is 5. The van der Waals surface area contributed by atoms with Crippen molar-refractivity contribution in [2.24, 2.45) is 17.3 Å². The first kappa shape index (κ1) is 11.7. The maximum atomic E-state index is 2.59. The van der Waals surface area contributed by atoms with Gasteiger partial charge in [-0.25, -0.2) is 0 Å². The van der Waals surface area contributed by atoms with E-state index in [9.17, 15) is 0 Å². The molecule has 3 aliphatic carbocycles. The first-order valence-corrected chi connectivity index (χ1v) is 6.29. The average molecular weight is 230 g/mol. The van der Waals surface area contributed by atoms with Crippen molar-refractivity contribution >= 4 is 12.4 Å². The topological polar surface area (TPSA) is 3.24 Å². The fourth-order valence-corrected chi connectivity index (χ4v) is 5.55. The molecule has 0 amide bonds. The van der Waals surface area contributed by atoms with Crippen LogP contribution in [0.15, 0.2) is 0 Å². The van der Waals surface area contributed by atoms with Crippen molar-refractivity contribution in [3.63, 3.8) is 0 Å². The van der Waals surface area contributed by atoms with E-state index in [2.05, 4.69) is 25.9 Å². The standard InChI is InChI=1S/C13H23N.ClH/c1-12-7-4-8-13(12,14(2)3)11-6-5-10(12)9-11;/h10-11H,4-9H2,1-3H3;1H. The lowest BCUT2D eigenvalue weighted by Crippen LogP contribution is -2.56. The third-order valence-corrected chi connectivity index (χ3v) is 6.05. The molecule has 0 radical (unpaired) electrons. The van der Waals surface area contributed by atoms with Gasteiger partial charge < -0.3 is 4.90 Å². The van der Waals surface area contributed by atoms with Crippen LogP contribution in [0.5, 0.6) is 0 Å². The first-order chi connectivity index (χ1) is 6.61. The Labute approximate surface area is 100 Å². The molecule has 0 saturated heterocycles. The van der Waals surface area contributed by atoms with Gasteiger partial charge in [0.15, 0.2) is 0 Å². The summed E-state index contributed by atoms with van der Waals surface area (Å²) in [5.74, 6) is 2.08. The zero-order chi connectivity index (χ0) is 9.97. The van der Waals surface area contributed by atoms with Crippen molar-refractivity contribution in [3.8, 4) is 0 Å². The molecule has 2 bridgehead atoms. The molecule has 3 saturated carbocycles. The van der Waals surface area contributed by atoms with E-state index in [1.807, 2.05) is 0 Å². The minimum Gasteiger partial charge on any atom is -0.303 e.